The summed E-state index contributed by atoms with van der Waals surface area (Å²) < 4.78 is 0. The average Bonchev–Trinajstić information content (AvgIpc) is 3.06. The van der Waals surface area contributed by atoms with Gasteiger partial charge in [0, 0.05) is 12.1 Å². The van der Waals surface area contributed by atoms with Crippen molar-refractivity contribution < 1.29 is 4.79 Å². The van der Waals surface area contributed by atoms with Gasteiger partial charge in [-0.15, -0.1) is 0 Å². The molecule has 3 aliphatic rings. The predicted octanol–water partition coefficient (Wildman–Crippen LogP) is 3.33. The van der Waals surface area contributed by atoms with E-state index in [9.17, 15) is 4.79 Å². The van der Waals surface area contributed by atoms with Crippen LogP contribution < -0.4 is 5.43 Å². The molecule has 0 saturated heterocycles. The quantitative estimate of drug-likeness (QED) is 0.668. The van der Waals surface area contributed by atoms with Crippen molar-refractivity contribution in [2.75, 3.05) is 0 Å². The highest BCUT2D eigenvalue weighted by Gasteiger charge is 2.44. The number of carbonyl (C=O) groups excluding carboxylic acids is 1. The van der Waals surface area contributed by atoms with Crippen LogP contribution in [-0.2, 0) is 4.79 Å². The Morgan fingerprint density at radius 2 is 2.00 bits per heavy atom. The third-order valence-electron chi connectivity index (χ3n) is 5.59. The summed E-state index contributed by atoms with van der Waals surface area (Å²) in [6.07, 6.45) is 8.38. The molecule has 0 heterocycles. The Hall–Kier alpha value is -1.64. The second kappa shape index (κ2) is 5.28. The van der Waals surface area contributed by atoms with Gasteiger partial charge in [-0.05, 0) is 54.9 Å². The van der Waals surface area contributed by atoms with Crippen LogP contribution in [-0.4, -0.2) is 12.1 Å². The molecule has 1 aromatic rings. The molecule has 110 valence electrons. The van der Waals surface area contributed by atoms with E-state index in [1.165, 1.54) is 31.2 Å². The molecular formula is C18H22N2O. The average molecular weight is 282 g/mol. The molecule has 3 aliphatic carbocycles. The Bertz CT molecular complexity index is 554. The van der Waals surface area contributed by atoms with Gasteiger partial charge in [-0.25, -0.2) is 5.43 Å². The van der Waals surface area contributed by atoms with Crippen molar-refractivity contribution in [1.29, 1.82) is 0 Å². The van der Waals surface area contributed by atoms with Crippen LogP contribution in [0.25, 0.3) is 0 Å². The smallest absolute Gasteiger partial charge is 0.243 e. The monoisotopic (exact) mass is 282 g/mol. The Kier molecular flexibility index (Phi) is 3.28. The number of hydrazone groups is 1. The largest absolute Gasteiger partial charge is 0.273 e. The predicted molar refractivity (Wildman–Crippen MR) is 82.9 cm³/mol. The fourth-order valence-corrected chi connectivity index (χ4v) is 4.31. The van der Waals surface area contributed by atoms with Crippen molar-refractivity contribution in [3.63, 3.8) is 0 Å². The number of fused-ring (bicyclic) bond motifs is 2. The van der Waals surface area contributed by atoms with Gasteiger partial charge in [-0.1, -0.05) is 36.8 Å². The van der Waals surface area contributed by atoms with E-state index in [2.05, 4.69) is 22.7 Å². The molecule has 2 bridgehead atoms. The second-order valence-corrected chi connectivity index (χ2v) is 6.95. The second-order valence-electron chi connectivity index (χ2n) is 6.95. The summed E-state index contributed by atoms with van der Waals surface area (Å²) in [5.41, 5.74) is 4.03. The summed E-state index contributed by atoms with van der Waals surface area (Å²) in [5, 5.41) is 4.24. The third-order valence-corrected chi connectivity index (χ3v) is 5.59. The first-order chi connectivity index (χ1) is 10.3. The molecule has 0 radical (unpaired) electrons. The summed E-state index contributed by atoms with van der Waals surface area (Å²) in [7, 11) is 0. The lowest BCUT2D eigenvalue weighted by Crippen LogP contribution is -2.22. The first kappa shape index (κ1) is 13.1. The molecule has 1 amide bonds. The van der Waals surface area contributed by atoms with Crippen LogP contribution in [0.3, 0.4) is 0 Å². The molecule has 1 N–H and O–H groups in total. The molecule has 3 nitrogen and oxygen atoms in total. The first-order valence-electron chi connectivity index (χ1n) is 8.19. The molecule has 4 rings (SSSR count). The van der Waals surface area contributed by atoms with E-state index in [1.807, 2.05) is 24.4 Å². The number of hydrogen-bond donors (Lipinski definition) is 1. The molecule has 3 heteroatoms. The van der Waals surface area contributed by atoms with Crippen LogP contribution in [0.5, 0.6) is 0 Å². The molecular weight excluding hydrogens is 260 g/mol. The van der Waals surface area contributed by atoms with Gasteiger partial charge in [-0.3, -0.25) is 4.79 Å². The number of nitrogens with zero attached hydrogens (tertiary/aromatic N) is 1. The van der Waals surface area contributed by atoms with Gasteiger partial charge >= 0.3 is 0 Å². The third kappa shape index (κ3) is 2.61. The van der Waals surface area contributed by atoms with Gasteiger partial charge in [0.15, 0.2) is 0 Å². The summed E-state index contributed by atoms with van der Waals surface area (Å²) in [5.74, 6) is 2.95. The highest BCUT2D eigenvalue weighted by Crippen LogP contribution is 2.48. The molecule has 21 heavy (non-hydrogen) atoms. The fraction of sp³-hybridized carbons (Fsp3) is 0.556. The molecule has 3 saturated carbocycles. The van der Waals surface area contributed by atoms with Crippen LogP contribution >= 0.6 is 0 Å². The van der Waals surface area contributed by atoms with Crippen molar-refractivity contribution in [3.8, 4) is 0 Å². The maximum Gasteiger partial charge on any atom is 0.243 e. The molecule has 0 spiro atoms. The SMILES string of the molecule is O=C(N/N=C\[C@@H]1C[C@H]2CC[C@@H]1C2)[C@@H]1C[C@@H]1c1ccccc1. The van der Waals surface area contributed by atoms with E-state index < -0.39 is 0 Å². The Balaban J connectivity index is 1.28. The zero-order valence-electron chi connectivity index (χ0n) is 12.2. The number of hydrogen-bond acceptors (Lipinski definition) is 2. The van der Waals surface area contributed by atoms with Crippen LogP contribution in [0.1, 0.15) is 43.6 Å². The molecule has 0 aromatic heterocycles. The lowest BCUT2D eigenvalue weighted by Gasteiger charge is -2.16. The topological polar surface area (TPSA) is 41.5 Å². The number of rotatable bonds is 4. The van der Waals surface area contributed by atoms with Gasteiger partial charge in [0.25, 0.3) is 0 Å². The standard InChI is InChI=1S/C18H22N2O/c21-18(17-10-16(17)13-4-2-1-3-5-13)20-19-11-15-9-12-6-7-14(15)8-12/h1-5,11-12,14-17H,6-10H2,(H,20,21)/b19-11-/t12-,14+,15-,16+,17+/m0/s1. The Morgan fingerprint density at radius 3 is 2.71 bits per heavy atom. The first-order valence-corrected chi connectivity index (χ1v) is 8.19. The lowest BCUT2D eigenvalue weighted by atomic mass is 9.90. The molecule has 1 aromatic carbocycles. The number of carbonyl (C=O) groups is 1. The minimum atomic E-state index is 0.0864. The van der Waals surface area contributed by atoms with E-state index in [0.717, 1.165) is 18.3 Å². The minimum Gasteiger partial charge on any atom is -0.273 e. The van der Waals surface area contributed by atoms with E-state index in [-0.39, 0.29) is 11.8 Å². The van der Waals surface area contributed by atoms with E-state index in [0.29, 0.717) is 11.8 Å². The maximum absolute atomic E-state index is 12.1. The van der Waals surface area contributed by atoms with Gasteiger partial charge in [0.1, 0.15) is 0 Å². The Morgan fingerprint density at radius 1 is 1.14 bits per heavy atom. The van der Waals surface area contributed by atoms with E-state index in [4.69, 9.17) is 0 Å². The molecule has 0 aliphatic heterocycles. The summed E-state index contributed by atoms with van der Waals surface area (Å²) >= 11 is 0. The van der Waals surface area contributed by atoms with E-state index in [1.54, 1.807) is 0 Å². The van der Waals surface area contributed by atoms with Crippen molar-refractivity contribution in [2.45, 2.75) is 38.0 Å². The number of nitrogens with one attached hydrogen (secondary N) is 1. The van der Waals surface area contributed by atoms with E-state index >= 15 is 0 Å². The van der Waals surface area contributed by atoms with Gasteiger partial charge in [0.05, 0.1) is 0 Å². The van der Waals surface area contributed by atoms with Crippen molar-refractivity contribution in [3.05, 3.63) is 35.9 Å². The molecule has 5 atom stereocenters. The highest BCUT2D eigenvalue weighted by molar-refractivity contribution is 5.83. The zero-order valence-corrected chi connectivity index (χ0v) is 12.2. The minimum absolute atomic E-state index is 0.0864. The normalized spacial score (nSPS) is 37.0. The number of benzene rings is 1. The Labute approximate surface area is 125 Å². The van der Waals surface area contributed by atoms with Crippen LogP contribution in [0.4, 0.5) is 0 Å². The number of amides is 1. The van der Waals surface area contributed by atoms with Gasteiger partial charge in [-0.2, -0.15) is 5.10 Å². The van der Waals surface area contributed by atoms with Gasteiger partial charge < -0.3 is 0 Å². The van der Waals surface area contributed by atoms with Crippen LogP contribution in [0, 0.1) is 23.7 Å². The summed E-state index contributed by atoms with van der Waals surface area (Å²) in [6, 6.07) is 10.3. The van der Waals surface area contributed by atoms with Crippen LogP contribution in [0.2, 0.25) is 0 Å². The zero-order chi connectivity index (χ0) is 14.2. The van der Waals surface area contributed by atoms with Crippen molar-refractivity contribution in [1.82, 2.24) is 5.43 Å². The highest BCUT2D eigenvalue weighted by atomic mass is 16.2. The van der Waals surface area contributed by atoms with Crippen LogP contribution in [0.15, 0.2) is 35.4 Å². The lowest BCUT2D eigenvalue weighted by molar-refractivity contribution is -0.122. The molecule has 0 unspecified atom stereocenters. The molecule has 3 fully saturated rings. The van der Waals surface area contributed by atoms with Crippen molar-refractivity contribution in [2.24, 2.45) is 28.8 Å². The van der Waals surface area contributed by atoms with Crippen molar-refractivity contribution >= 4 is 12.1 Å². The summed E-state index contributed by atoms with van der Waals surface area (Å²) in [4.78, 5) is 12.1. The van der Waals surface area contributed by atoms with Gasteiger partial charge in [0.2, 0.25) is 5.91 Å². The fourth-order valence-electron chi connectivity index (χ4n) is 4.31. The summed E-state index contributed by atoms with van der Waals surface area (Å²) in [6.45, 7) is 0. The maximum atomic E-state index is 12.1.